The Morgan fingerprint density at radius 2 is 1.97 bits per heavy atom. The van der Waals surface area contributed by atoms with Crippen LogP contribution in [-0.2, 0) is 6.42 Å². The van der Waals surface area contributed by atoms with E-state index in [0.29, 0.717) is 23.2 Å². The third-order valence-electron chi connectivity index (χ3n) is 4.24. The fraction of sp³-hybridized carbons (Fsp3) is 0.100. The number of halogens is 1. The van der Waals surface area contributed by atoms with Crippen LogP contribution in [0, 0.1) is 34.2 Å². The van der Waals surface area contributed by atoms with E-state index in [9.17, 15) is 19.8 Å². The number of rotatable bonds is 5. The minimum absolute atomic E-state index is 0.0542. The minimum Gasteiger partial charge on any atom is -0.382 e. The third kappa shape index (κ3) is 4.22. The molecule has 3 aromatic rings. The van der Waals surface area contributed by atoms with E-state index in [1.807, 2.05) is 30.3 Å². The lowest BCUT2D eigenvalue weighted by Crippen LogP contribution is -2.04. The summed E-state index contributed by atoms with van der Waals surface area (Å²) in [5, 5.41) is 28.0. The summed E-state index contributed by atoms with van der Waals surface area (Å²) in [6, 6.07) is 14.6. The Morgan fingerprint density at radius 1 is 1.24 bits per heavy atom. The molecule has 0 spiro atoms. The van der Waals surface area contributed by atoms with Gasteiger partial charge in [-0.15, -0.1) is 10.2 Å². The number of azo groups is 1. The van der Waals surface area contributed by atoms with Gasteiger partial charge in [0.05, 0.1) is 22.2 Å². The molecule has 0 aliphatic rings. The quantitative estimate of drug-likeness (QED) is 0.376. The first kappa shape index (κ1) is 19.6. The second-order valence-electron chi connectivity index (χ2n) is 6.16. The number of anilines is 1. The minimum atomic E-state index is -0.895. The number of aromatic nitrogens is 1. The van der Waals surface area contributed by atoms with Crippen molar-refractivity contribution < 1.29 is 9.31 Å². The fourth-order valence-corrected chi connectivity index (χ4v) is 2.77. The highest BCUT2D eigenvalue weighted by Crippen LogP contribution is 2.32. The molecule has 0 bridgehead atoms. The van der Waals surface area contributed by atoms with Gasteiger partial charge in [-0.05, 0) is 24.1 Å². The van der Waals surface area contributed by atoms with E-state index >= 15 is 0 Å². The van der Waals surface area contributed by atoms with Crippen molar-refractivity contribution in [3.63, 3.8) is 0 Å². The first-order valence-electron chi connectivity index (χ1n) is 8.49. The largest absolute Gasteiger partial charge is 0.382 e. The van der Waals surface area contributed by atoms with Crippen molar-refractivity contribution in [1.82, 2.24) is 4.98 Å². The number of nitriles is 1. The number of hydrogen-bond acceptors (Lipinski definition) is 7. The van der Waals surface area contributed by atoms with Crippen molar-refractivity contribution >= 4 is 22.9 Å². The molecule has 1 heterocycles. The Bertz CT molecular complexity index is 1160. The maximum Gasteiger partial charge on any atom is 0.272 e. The molecule has 0 saturated carbocycles. The monoisotopic (exact) mass is 390 g/mol. The number of nitro benzene ring substituents is 1. The summed E-state index contributed by atoms with van der Waals surface area (Å²) in [7, 11) is 0. The number of nitrogens with zero attached hydrogens (tertiary/aromatic N) is 5. The van der Waals surface area contributed by atoms with E-state index in [1.165, 1.54) is 0 Å². The van der Waals surface area contributed by atoms with Gasteiger partial charge in [0.2, 0.25) is 0 Å². The van der Waals surface area contributed by atoms with Gasteiger partial charge in [-0.1, -0.05) is 30.3 Å². The van der Waals surface area contributed by atoms with Crippen molar-refractivity contribution in [1.29, 1.82) is 5.26 Å². The average Bonchev–Trinajstić information content (AvgIpc) is 2.69. The lowest BCUT2D eigenvalue weighted by molar-refractivity contribution is -0.385. The highest BCUT2D eigenvalue weighted by molar-refractivity contribution is 5.67. The van der Waals surface area contributed by atoms with Gasteiger partial charge < -0.3 is 5.73 Å². The zero-order chi connectivity index (χ0) is 21.0. The number of non-ortho nitro benzene ring substituents is 1. The Kier molecular flexibility index (Phi) is 5.55. The second kappa shape index (κ2) is 8.22. The number of hydrogen-bond donors (Lipinski definition) is 1. The lowest BCUT2D eigenvalue weighted by atomic mass is 10.0. The van der Waals surface area contributed by atoms with Crippen LogP contribution in [0.25, 0.3) is 0 Å². The van der Waals surface area contributed by atoms with E-state index in [0.717, 1.165) is 23.8 Å². The predicted molar refractivity (Wildman–Crippen MR) is 105 cm³/mol. The van der Waals surface area contributed by atoms with Gasteiger partial charge in [-0.2, -0.15) is 5.26 Å². The van der Waals surface area contributed by atoms with Crippen molar-refractivity contribution in [2.75, 3.05) is 5.73 Å². The molecule has 3 rings (SSSR count). The Balaban J connectivity index is 1.97. The summed E-state index contributed by atoms with van der Waals surface area (Å²) in [4.78, 5) is 14.3. The topological polar surface area (TPSA) is 131 Å². The molecule has 9 heteroatoms. The molecule has 2 aromatic carbocycles. The molecule has 0 fully saturated rings. The molecular weight excluding hydrogens is 375 g/mol. The van der Waals surface area contributed by atoms with Crippen molar-refractivity contribution in [2.24, 2.45) is 10.2 Å². The van der Waals surface area contributed by atoms with Crippen LogP contribution in [0.15, 0.2) is 58.8 Å². The third-order valence-corrected chi connectivity index (χ3v) is 4.24. The maximum absolute atomic E-state index is 14.0. The zero-order valence-corrected chi connectivity index (χ0v) is 15.3. The molecule has 0 amide bonds. The van der Waals surface area contributed by atoms with Crippen LogP contribution in [-0.4, -0.2) is 9.91 Å². The summed E-state index contributed by atoms with van der Waals surface area (Å²) in [6.45, 7) is 1.66. The Labute approximate surface area is 165 Å². The van der Waals surface area contributed by atoms with Gasteiger partial charge in [-0.3, -0.25) is 10.1 Å². The maximum atomic E-state index is 14.0. The van der Waals surface area contributed by atoms with Gasteiger partial charge >= 0.3 is 0 Å². The van der Waals surface area contributed by atoms with Crippen LogP contribution < -0.4 is 5.73 Å². The smallest absolute Gasteiger partial charge is 0.272 e. The summed E-state index contributed by atoms with van der Waals surface area (Å²) in [6.07, 6.45) is 0.420. The number of nitrogen functional groups attached to an aromatic ring is 1. The molecule has 29 heavy (non-hydrogen) atoms. The summed E-state index contributed by atoms with van der Waals surface area (Å²) in [5.41, 5.74) is 7.84. The second-order valence-corrected chi connectivity index (χ2v) is 6.16. The van der Waals surface area contributed by atoms with Crippen molar-refractivity contribution in [3.8, 4) is 6.07 Å². The van der Waals surface area contributed by atoms with E-state index in [4.69, 9.17) is 5.73 Å². The molecular formula is C20H15FN6O2. The van der Waals surface area contributed by atoms with E-state index in [2.05, 4.69) is 21.3 Å². The average molecular weight is 390 g/mol. The molecule has 1 aromatic heterocycles. The SMILES string of the molecule is Cc1c(C#N)c(Cc2ccccc2)nc(N)c1N=Nc1ccc([N+](=O)[O-])cc1F. The molecule has 2 N–H and O–H groups in total. The van der Waals surface area contributed by atoms with Crippen LogP contribution in [0.3, 0.4) is 0 Å². The molecule has 0 unspecified atom stereocenters. The van der Waals surface area contributed by atoms with Crippen LogP contribution >= 0.6 is 0 Å². The van der Waals surface area contributed by atoms with Crippen molar-refractivity contribution in [3.05, 3.63) is 86.8 Å². The normalized spacial score (nSPS) is 10.8. The van der Waals surface area contributed by atoms with E-state index in [-0.39, 0.29) is 17.2 Å². The number of nitrogens with two attached hydrogens (primary N) is 1. The standard InChI is InChI=1S/C20H15FN6O2/c1-12-15(11-22)18(9-13-5-3-2-4-6-13)24-20(23)19(12)26-25-17-8-7-14(27(28)29)10-16(17)21/h2-8,10H,9H2,1H3,(H2,23,24). The number of nitro groups is 1. The molecule has 0 radical (unpaired) electrons. The zero-order valence-electron chi connectivity index (χ0n) is 15.3. The Hall–Kier alpha value is -4.19. The van der Waals surface area contributed by atoms with Gasteiger partial charge in [-0.25, -0.2) is 9.37 Å². The summed E-state index contributed by atoms with van der Waals surface area (Å²) in [5.74, 6) is -0.841. The van der Waals surface area contributed by atoms with Gasteiger partial charge in [0.25, 0.3) is 5.69 Å². The van der Waals surface area contributed by atoms with Gasteiger partial charge in [0.1, 0.15) is 17.4 Å². The lowest BCUT2D eigenvalue weighted by Gasteiger charge is -2.10. The molecule has 8 nitrogen and oxygen atoms in total. The van der Waals surface area contributed by atoms with Crippen LogP contribution in [0.1, 0.15) is 22.4 Å². The van der Waals surface area contributed by atoms with E-state index < -0.39 is 16.4 Å². The first-order valence-corrected chi connectivity index (χ1v) is 8.49. The summed E-state index contributed by atoms with van der Waals surface area (Å²) < 4.78 is 14.0. The number of pyridine rings is 1. The highest BCUT2D eigenvalue weighted by Gasteiger charge is 2.16. The summed E-state index contributed by atoms with van der Waals surface area (Å²) >= 11 is 0. The first-order chi connectivity index (χ1) is 13.9. The van der Waals surface area contributed by atoms with Crippen molar-refractivity contribution in [2.45, 2.75) is 13.3 Å². The van der Waals surface area contributed by atoms with Crippen LogP contribution in [0.4, 0.5) is 27.3 Å². The van der Waals surface area contributed by atoms with Crippen LogP contribution in [0.2, 0.25) is 0 Å². The van der Waals surface area contributed by atoms with Crippen LogP contribution in [0.5, 0.6) is 0 Å². The highest BCUT2D eigenvalue weighted by atomic mass is 19.1. The van der Waals surface area contributed by atoms with Gasteiger partial charge in [0, 0.05) is 12.5 Å². The van der Waals surface area contributed by atoms with E-state index in [1.54, 1.807) is 6.92 Å². The predicted octanol–water partition coefficient (Wildman–Crippen LogP) is 4.90. The Morgan fingerprint density at radius 3 is 2.59 bits per heavy atom. The molecule has 0 saturated heterocycles. The number of benzene rings is 2. The fourth-order valence-electron chi connectivity index (χ4n) is 2.77. The molecule has 144 valence electrons. The molecule has 0 atom stereocenters. The molecule has 0 aliphatic carbocycles. The molecule has 0 aliphatic heterocycles. The van der Waals surface area contributed by atoms with Gasteiger partial charge in [0.15, 0.2) is 11.6 Å².